The number of carbonyl (C=O) groups excluding carboxylic acids is 2. The summed E-state index contributed by atoms with van der Waals surface area (Å²) >= 11 is 0. The van der Waals surface area contributed by atoms with E-state index in [2.05, 4.69) is 11.9 Å². The lowest BCUT2D eigenvalue weighted by molar-refractivity contribution is -0.139. The molecule has 1 fully saturated rings. The predicted octanol–water partition coefficient (Wildman–Crippen LogP) is 5.10. The number of rotatable bonds is 7. The molecule has 1 amide bonds. The van der Waals surface area contributed by atoms with E-state index >= 15 is 0 Å². The molecule has 1 atom stereocenters. The number of para-hydroxylation sites is 1. The summed E-state index contributed by atoms with van der Waals surface area (Å²) in [6, 6.07) is 12.4. The van der Waals surface area contributed by atoms with Crippen LogP contribution in [0.2, 0.25) is 0 Å². The molecule has 4 rings (SSSR count). The number of methoxy groups -OCH3 is 1. The van der Waals surface area contributed by atoms with Crippen LogP contribution in [0, 0.1) is 6.92 Å². The number of hydrogen-bond acceptors (Lipinski definition) is 4. The normalized spacial score (nSPS) is 18.0. The first-order valence-electron chi connectivity index (χ1n) is 11.0. The molecule has 0 saturated carbocycles. The van der Waals surface area contributed by atoms with Gasteiger partial charge >= 0.3 is 0 Å². The summed E-state index contributed by atoms with van der Waals surface area (Å²) in [5.74, 6) is -0.711. The maximum atomic E-state index is 13.2. The molecule has 2 heterocycles. The Morgan fingerprint density at radius 3 is 2.66 bits per heavy atom. The van der Waals surface area contributed by atoms with E-state index in [0.29, 0.717) is 17.9 Å². The van der Waals surface area contributed by atoms with E-state index in [1.807, 2.05) is 37.4 Å². The highest BCUT2D eigenvalue weighted by atomic mass is 16.5. The van der Waals surface area contributed by atoms with Crippen LogP contribution in [-0.4, -0.2) is 40.3 Å². The molecule has 6 nitrogen and oxygen atoms in total. The zero-order chi connectivity index (χ0) is 22.8. The van der Waals surface area contributed by atoms with Gasteiger partial charge in [-0.05, 0) is 43.2 Å². The van der Waals surface area contributed by atoms with Crippen molar-refractivity contribution in [3.63, 3.8) is 0 Å². The minimum Gasteiger partial charge on any atom is -0.507 e. The highest BCUT2D eigenvalue weighted by Crippen LogP contribution is 2.42. The summed E-state index contributed by atoms with van der Waals surface area (Å²) in [5.41, 5.74) is 3.13. The van der Waals surface area contributed by atoms with Crippen molar-refractivity contribution in [1.82, 2.24) is 9.88 Å². The van der Waals surface area contributed by atoms with Gasteiger partial charge in [-0.3, -0.25) is 9.59 Å². The molecule has 32 heavy (non-hydrogen) atoms. The highest BCUT2D eigenvalue weighted by molar-refractivity contribution is 6.46. The Balaban J connectivity index is 1.89. The predicted molar refractivity (Wildman–Crippen MR) is 125 cm³/mol. The van der Waals surface area contributed by atoms with Gasteiger partial charge in [0.2, 0.25) is 0 Å². The summed E-state index contributed by atoms with van der Waals surface area (Å²) in [6.45, 7) is 4.40. The van der Waals surface area contributed by atoms with E-state index in [9.17, 15) is 14.7 Å². The number of aliphatic hydroxyl groups is 1. The van der Waals surface area contributed by atoms with E-state index in [1.54, 1.807) is 30.2 Å². The van der Waals surface area contributed by atoms with Gasteiger partial charge in [0.25, 0.3) is 11.7 Å². The Morgan fingerprint density at radius 2 is 1.94 bits per heavy atom. The van der Waals surface area contributed by atoms with Gasteiger partial charge in [0.15, 0.2) is 0 Å². The molecule has 1 aliphatic heterocycles. The maximum Gasteiger partial charge on any atom is 0.295 e. The van der Waals surface area contributed by atoms with Crippen molar-refractivity contribution in [2.75, 3.05) is 13.7 Å². The SMILES string of the molecule is CCCCCN1C(=O)C(=O)/C(=C(/O)c2ccc(OC)cc2C)C1c1c[nH]c2ccccc12. The van der Waals surface area contributed by atoms with Crippen molar-refractivity contribution >= 4 is 28.4 Å². The van der Waals surface area contributed by atoms with E-state index < -0.39 is 17.7 Å². The van der Waals surface area contributed by atoms with E-state index in [1.165, 1.54) is 0 Å². The van der Waals surface area contributed by atoms with Crippen LogP contribution in [-0.2, 0) is 9.59 Å². The average molecular weight is 433 g/mol. The average Bonchev–Trinajstić information content (AvgIpc) is 3.33. The summed E-state index contributed by atoms with van der Waals surface area (Å²) in [7, 11) is 1.58. The molecular weight excluding hydrogens is 404 g/mol. The molecule has 1 aromatic heterocycles. The third kappa shape index (κ3) is 3.66. The summed E-state index contributed by atoms with van der Waals surface area (Å²) in [5, 5.41) is 12.2. The number of benzene rings is 2. The fraction of sp³-hybridized carbons (Fsp3) is 0.308. The summed E-state index contributed by atoms with van der Waals surface area (Å²) in [6.07, 6.45) is 4.60. The molecule has 3 aromatic rings. The van der Waals surface area contributed by atoms with Crippen molar-refractivity contribution in [2.45, 2.75) is 39.2 Å². The zero-order valence-corrected chi connectivity index (χ0v) is 18.6. The lowest BCUT2D eigenvalue weighted by Crippen LogP contribution is -2.30. The number of aliphatic hydroxyl groups excluding tert-OH is 1. The number of amides is 1. The van der Waals surface area contributed by atoms with Crippen molar-refractivity contribution in [3.05, 3.63) is 70.9 Å². The monoisotopic (exact) mass is 432 g/mol. The van der Waals surface area contributed by atoms with Gasteiger partial charge in [-0.1, -0.05) is 38.0 Å². The van der Waals surface area contributed by atoms with Crippen LogP contribution >= 0.6 is 0 Å². The third-order valence-corrected chi connectivity index (χ3v) is 6.15. The van der Waals surface area contributed by atoms with Crippen LogP contribution in [0.15, 0.2) is 54.2 Å². The van der Waals surface area contributed by atoms with E-state index in [4.69, 9.17) is 4.74 Å². The molecule has 1 unspecified atom stereocenters. The van der Waals surface area contributed by atoms with Crippen LogP contribution in [0.5, 0.6) is 5.75 Å². The number of nitrogens with zero attached hydrogens (tertiary/aromatic N) is 1. The number of aryl methyl sites for hydroxylation is 1. The Kier molecular flexibility index (Phi) is 6.04. The van der Waals surface area contributed by atoms with Crippen LogP contribution in [0.1, 0.15) is 48.9 Å². The standard InChI is InChI=1S/C26H28N2O4/c1-4-5-8-13-28-23(20-15-27-21-10-7-6-9-19(20)21)22(25(30)26(28)31)24(29)18-12-11-17(32-3)14-16(18)2/h6-7,9-12,14-15,23,27,29H,4-5,8,13H2,1-3H3/b24-22+. The quantitative estimate of drug-likeness (QED) is 0.236. The molecule has 1 saturated heterocycles. The van der Waals surface area contributed by atoms with E-state index in [0.717, 1.165) is 41.3 Å². The van der Waals surface area contributed by atoms with Gasteiger partial charge in [0.05, 0.1) is 18.7 Å². The third-order valence-electron chi connectivity index (χ3n) is 6.15. The second-order valence-corrected chi connectivity index (χ2v) is 8.17. The lowest BCUT2D eigenvalue weighted by atomic mass is 9.93. The van der Waals surface area contributed by atoms with Gasteiger partial charge in [-0.2, -0.15) is 0 Å². The number of Topliss-reactive ketones (excluding diaryl/α,β-unsaturated/α-hetero) is 1. The second kappa shape index (κ2) is 8.91. The Labute approximate surface area is 187 Å². The smallest absolute Gasteiger partial charge is 0.295 e. The zero-order valence-electron chi connectivity index (χ0n) is 18.6. The largest absolute Gasteiger partial charge is 0.507 e. The lowest BCUT2D eigenvalue weighted by Gasteiger charge is -2.25. The van der Waals surface area contributed by atoms with Crippen LogP contribution in [0.3, 0.4) is 0 Å². The first-order valence-corrected chi connectivity index (χ1v) is 11.0. The summed E-state index contributed by atoms with van der Waals surface area (Å²) in [4.78, 5) is 31.1. The van der Waals surface area contributed by atoms with Gasteiger partial charge in [0, 0.05) is 34.8 Å². The first kappa shape index (κ1) is 21.7. The van der Waals surface area contributed by atoms with Crippen LogP contribution < -0.4 is 4.74 Å². The first-order chi connectivity index (χ1) is 15.5. The number of likely N-dealkylation sites (tertiary alicyclic amines) is 1. The highest BCUT2D eigenvalue weighted by Gasteiger charge is 2.46. The van der Waals surface area contributed by atoms with Gasteiger partial charge < -0.3 is 19.7 Å². The molecular formula is C26H28N2O4. The van der Waals surface area contributed by atoms with Gasteiger partial charge in [-0.25, -0.2) is 0 Å². The number of unbranched alkanes of at least 4 members (excludes halogenated alkanes) is 2. The Bertz CT molecular complexity index is 1210. The number of H-pyrrole nitrogens is 1. The number of hydrogen-bond donors (Lipinski definition) is 2. The fourth-order valence-electron chi connectivity index (χ4n) is 4.46. The number of nitrogens with one attached hydrogen (secondary N) is 1. The molecule has 166 valence electrons. The molecule has 0 bridgehead atoms. The number of fused-ring (bicyclic) bond motifs is 1. The number of carbonyl (C=O) groups is 2. The van der Waals surface area contributed by atoms with Crippen molar-refractivity contribution in [3.8, 4) is 5.75 Å². The van der Waals surface area contributed by atoms with Crippen molar-refractivity contribution < 1.29 is 19.4 Å². The molecule has 6 heteroatoms. The number of ketones is 1. The van der Waals surface area contributed by atoms with Crippen molar-refractivity contribution in [2.24, 2.45) is 0 Å². The van der Waals surface area contributed by atoms with E-state index in [-0.39, 0.29) is 11.3 Å². The minimum absolute atomic E-state index is 0.129. The maximum absolute atomic E-state index is 13.2. The van der Waals surface area contributed by atoms with Crippen molar-refractivity contribution in [1.29, 1.82) is 0 Å². The second-order valence-electron chi connectivity index (χ2n) is 8.17. The molecule has 0 radical (unpaired) electrons. The number of aromatic nitrogens is 1. The molecule has 1 aliphatic rings. The minimum atomic E-state index is -0.649. The molecule has 2 N–H and O–H groups in total. The number of aromatic amines is 1. The van der Waals surface area contributed by atoms with Crippen LogP contribution in [0.4, 0.5) is 0 Å². The topological polar surface area (TPSA) is 82.6 Å². The Morgan fingerprint density at radius 1 is 1.16 bits per heavy atom. The fourth-order valence-corrected chi connectivity index (χ4v) is 4.46. The molecule has 0 spiro atoms. The molecule has 2 aromatic carbocycles. The number of ether oxygens (including phenoxy) is 1. The van der Waals surface area contributed by atoms with Crippen LogP contribution in [0.25, 0.3) is 16.7 Å². The molecule has 0 aliphatic carbocycles. The Hall–Kier alpha value is -3.54. The summed E-state index contributed by atoms with van der Waals surface area (Å²) < 4.78 is 5.26. The van der Waals surface area contributed by atoms with Gasteiger partial charge in [0.1, 0.15) is 11.5 Å². The van der Waals surface area contributed by atoms with Gasteiger partial charge in [-0.15, -0.1) is 0 Å².